The van der Waals surface area contributed by atoms with E-state index in [0.29, 0.717) is 19.5 Å². The molecule has 9 nitrogen and oxygen atoms in total. The molecule has 4 heterocycles. The van der Waals surface area contributed by atoms with E-state index in [2.05, 4.69) is 48.8 Å². The molecule has 9 heteroatoms. The van der Waals surface area contributed by atoms with Crippen LogP contribution in [0.5, 0.6) is 5.75 Å². The van der Waals surface area contributed by atoms with Crippen molar-refractivity contribution in [2.24, 2.45) is 0 Å². The van der Waals surface area contributed by atoms with Crippen LogP contribution in [0.25, 0.3) is 0 Å². The number of aliphatic hydroxyl groups excluding tert-OH is 1. The van der Waals surface area contributed by atoms with Gasteiger partial charge in [0, 0.05) is 44.1 Å². The first-order valence-corrected chi connectivity index (χ1v) is 10.8. The third-order valence-corrected chi connectivity index (χ3v) is 6.27. The summed E-state index contributed by atoms with van der Waals surface area (Å²) in [6.45, 7) is 4.72. The van der Waals surface area contributed by atoms with Gasteiger partial charge >= 0.3 is 0 Å². The lowest BCUT2D eigenvalue weighted by atomic mass is 10.1. The zero-order valence-electron chi connectivity index (χ0n) is 18.1. The van der Waals surface area contributed by atoms with Gasteiger partial charge in [-0.1, -0.05) is 6.07 Å². The fraction of sp³-hybridized carbons (Fsp3) is 0.500. The number of aliphatic hydroxyl groups is 1. The number of rotatable bonds is 6. The Morgan fingerprint density at radius 1 is 1.19 bits per heavy atom. The van der Waals surface area contributed by atoms with Gasteiger partial charge in [0.25, 0.3) is 0 Å². The molecule has 31 heavy (non-hydrogen) atoms. The Balaban J connectivity index is 1.39. The molecule has 3 aromatic rings. The summed E-state index contributed by atoms with van der Waals surface area (Å²) in [7, 11) is 3.80. The van der Waals surface area contributed by atoms with Crippen molar-refractivity contribution in [2.75, 3.05) is 27.2 Å². The second-order valence-electron chi connectivity index (χ2n) is 8.55. The highest BCUT2D eigenvalue weighted by Gasteiger charge is 2.36. The number of hydrogen-bond donors (Lipinski definition) is 1. The van der Waals surface area contributed by atoms with Gasteiger partial charge in [0.15, 0.2) is 5.82 Å². The Morgan fingerprint density at radius 2 is 2.10 bits per heavy atom. The molecule has 164 valence electrons. The van der Waals surface area contributed by atoms with E-state index >= 15 is 0 Å². The standard InChI is InChI=1S/C22H29N7O2/c1-26-8-9-29-21(15-26)24-25-22(29)19-11-18(30)14-27(19)12-16-4-5-20(31-2)17(10-16)13-28-7-3-6-23-28/h3-7,10,18-19,30H,8-9,11-15H2,1-2H3/t18-,19-/m0/s1. The second-order valence-corrected chi connectivity index (χ2v) is 8.55. The SMILES string of the molecule is COc1ccc(CN2C[C@@H](O)C[C@H]2c2nnc3n2CCN(C)C3)cc1Cn1cccn1. The van der Waals surface area contributed by atoms with Gasteiger partial charge in [-0.05, 0) is 37.2 Å². The van der Waals surface area contributed by atoms with E-state index in [1.165, 1.54) is 5.56 Å². The van der Waals surface area contributed by atoms with E-state index in [-0.39, 0.29) is 12.1 Å². The van der Waals surface area contributed by atoms with Gasteiger partial charge in [-0.25, -0.2) is 0 Å². The molecular weight excluding hydrogens is 394 g/mol. The Bertz CT molecular complexity index is 1030. The minimum atomic E-state index is -0.356. The van der Waals surface area contributed by atoms with Crippen LogP contribution in [-0.4, -0.2) is 72.8 Å². The van der Waals surface area contributed by atoms with Crippen molar-refractivity contribution in [3.63, 3.8) is 0 Å². The smallest absolute Gasteiger partial charge is 0.150 e. The number of likely N-dealkylation sites (tertiary alicyclic amines) is 1. The van der Waals surface area contributed by atoms with Gasteiger partial charge in [-0.2, -0.15) is 5.10 Å². The highest BCUT2D eigenvalue weighted by atomic mass is 16.5. The Labute approximate surface area is 181 Å². The monoisotopic (exact) mass is 423 g/mol. The Morgan fingerprint density at radius 3 is 2.90 bits per heavy atom. The predicted octanol–water partition coefficient (Wildman–Crippen LogP) is 1.28. The molecular formula is C22H29N7O2. The van der Waals surface area contributed by atoms with Crippen LogP contribution in [0.3, 0.4) is 0 Å². The van der Waals surface area contributed by atoms with Crippen LogP contribution in [0.1, 0.15) is 35.2 Å². The minimum absolute atomic E-state index is 0.0660. The van der Waals surface area contributed by atoms with Gasteiger partial charge in [-0.3, -0.25) is 14.5 Å². The average molecular weight is 424 g/mol. The van der Waals surface area contributed by atoms with Crippen LogP contribution in [0.15, 0.2) is 36.7 Å². The molecule has 5 rings (SSSR count). The largest absolute Gasteiger partial charge is 0.496 e. The average Bonchev–Trinajstić information content (AvgIpc) is 3.48. The molecule has 0 amide bonds. The Kier molecular flexibility index (Phi) is 5.47. The van der Waals surface area contributed by atoms with Crippen LogP contribution in [0.4, 0.5) is 0 Å². The Hall–Kier alpha value is -2.75. The van der Waals surface area contributed by atoms with Crippen molar-refractivity contribution in [3.8, 4) is 5.75 Å². The molecule has 0 spiro atoms. The minimum Gasteiger partial charge on any atom is -0.496 e. The highest BCUT2D eigenvalue weighted by Crippen LogP contribution is 2.34. The summed E-state index contributed by atoms with van der Waals surface area (Å²) in [6.07, 6.45) is 4.06. The summed E-state index contributed by atoms with van der Waals surface area (Å²) < 4.78 is 9.70. The summed E-state index contributed by atoms with van der Waals surface area (Å²) in [5.41, 5.74) is 2.27. The molecule has 2 aliphatic rings. The summed E-state index contributed by atoms with van der Waals surface area (Å²) in [5.74, 6) is 2.84. The van der Waals surface area contributed by atoms with E-state index in [1.54, 1.807) is 13.3 Å². The van der Waals surface area contributed by atoms with Gasteiger partial charge in [0.2, 0.25) is 0 Å². The van der Waals surface area contributed by atoms with Crippen molar-refractivity contribution < 1.29 is 9.84 Å². The molecule has 2 aromatic heterocycles. The van der Waals surface area contributed by atoms with E-state index in [9.17, 15) is 5.11 Å². The number of nitrogens with zero attached hydrogens (tertiary/aromatic N) is 7. The third-order valence-electron chi connectivity index (χ3n) is 6.27. The van der Waals surface area contributed by atoms with Crippen molar-refractivity contribution in [3.05, 3.63) is 59.4 Å². The maximum atomic E-state index is 10.5. The number of benzene rings is 1. The fourth-order valence-corrected chi connectivity index (χ4v) is 4.73. The molecule has 1 N–H and O–H groups in total. The molecule has 0 saturated carbocycles. The van der Waals surface area contributed by atoms with Crippen LogP contribution in [0, 0.1) is 0 Å². The lowest BCUT2D eigenvalue weighted by molar-refractivity contribution is 0.171. The van der Waals surface area contributed by atoms with Crippen molar-refractivity contribution in [1.29, 1.82) is 0 Å². The van der Waals surface area contributed by atoms with E-state index < -0.39 is 0 Å². The number of methoxy groups -OCH3 is 1. The van der Waals surface area contributed by atoms with E-state index in [4.69, 9.17) is 4.74 Å². The van der Waals surface area contributed by atoms with Crippen LogP contribution < -0.4 is 4.74 Å². The van der Waals surface area contributed by atoms with Gasteiger partial charge in [-0.15, -0.1) is 10.2 Å². The first kappa shape index (κ1) is 20.2. The summed E-state index contributed by atoms with van der Waals surface area (Å²) in [6, 6.07) is 8.28. The normalized spacial score (nSPS) is 22.0. The molecule has 1 aromatic carbocycles. The summed E-state index contributed by atoms with van der Waals surface area (Å²) in [4.78, 5) is 4.58. The van der Waals surface area contributed by atoms with Crippen molar-refractivity contribution in [2.45, 2.75) is 44.7 Å². The number of aromatic nitrogens is 5. The first-order chi connectivity index (χ1) is 15.1. The van der Waals surface area contributed by atoms with E-state index in [0.717, 1.165) is 49.1 Å². The highest BCUT2D eigenvalue weighted by molar-refractivity contribution is 5.37. The molecule has 0 aliphatic carbocycles. The zero-order valence-corrected chi connectivity index (χ0v) is 18.1. The molecule has 0 radical (unpaired) electrons. The molecule has 2 atom stereocenters. The quantitative estimate of drug-likeness (QED) is 0.639. The van der Waals surface area contributed by atoms with Gasteiger partial charge < -0.3 is 14.4 Å². The van der Waals surface area contributed by atoms with Crippen molar-refractivity contribution >= 4 is 0 Å². The second kappa shape index (κ2) is 8.41. The van der Waals surface area contributed by atoms with Gasteiger partial charge in [0.1, 0.15) is 11.6 Å². The third kappa shape index (κ3) is 4.08. The molecule has 0 unspecified atom stereocenters. The maximum Gasteiger partial charge on any atom is 0.150 e. The first-order valence-electron chi connectivity index (χ1n) is 10.8. The fourth-order valence-electron chi connectivity index (χ4n) is 4.73. The molecule has 1 saturated heterocycles. The van der Waals surface area contributed by atoms with Crippen LogP contribution >= 0.6 is 0 Å². The van der Waals surface area contributed by atoms with E-state index in [1.807, 2.05) is 23.0 Å². The maximum absolute atomic E-state index is 10.5. The number of fused-ring (bicyclic) bond motifs is 1. The predicted molar refractivity (Wildman–Crippen MR) is 114 cm³/mol. The molecule has 0 bridgehead atoms. The molecule has 1 fully saturated rings. The lowest BCUT2D eigenvalue weighted by Crippen LogP contribution is -2.33. The summed E-state index contributed by atoms with van der Waals surface area (Å²) >= 11 is 0. The number of β-amino-alcohol motifs (C(OH)–C–C–N with tert-alkyl or cyclic N) is 1. The number of ether oxygens (including phenoxy) is 1. The topological polar surface area (TPSA) is 84.5 Å². The number of hydrogen-bond acceptors (Lipinski definition) is 7. The van der Waals surface area contributed by atoms with Crippen LogP contribution in [-0.2, 0) is 26.2 Å². The van der Waals surface area contributed by atoms with Gasteiger partial charge in [0.05, 0.1) is 32.3 Å². The van der Waals surface area contributed by atoms with Crippen LogP contribution in [0.2, 0.25) is 0 Å². The van der Waals surface area contributed by atoms with Crippen molar-refractivity contribution in [1.82, 2.24) is 34.3 Å². The number of likely N-dealkylation sites (N-methyl/N-ethyl adjacent to an activating group) is 1. The lowest BCUT2D eigenvalue weighted by Gasteiger charge is -2.28. The molecule has 2 aliphatic heterocycles. The summed E-state index contributed by atoms with van der Waals surface area (Å²) in [5, 5.41) is 23.8. The zero-order chi connectivity index (χ0) is 21.4.